The molecule has 1 saturated heterocycles. The average molecular weight is 312 g/mol. The van der Waals surface area contributed by atoms with E-state index in [0.29, 0.717) is 18.0 Å². The van der Waals surface area contributed by atoms with Crippen LogP contribution in [-0.4, -0.2) is 71.2 Å². The van der Waals surface area contributed by atoms with Crippen LogP contribution in [0.4, 0.5) is 5.13 Å². The number of carbonyl (C=O) groups is 1. The average Bonchev–Trinajstić information content (AvgIpc) is 2.97. The van der Waals surface area contributed by atoms with E-state index in [-0.39, 0.29) is 18.6 Å². The molecule has 0 aliphatic carbocycles. The Kier molecular flexibility index (Phi) is 5.96. The summed E-state index contributed by atoms with van der Waals surface area (Å²) in [6.07, 6.45) is 2.59. The number of anilines is 1. The van der Waals surface area contributed by atoms with Crippen LogP contribution < -0.4 is 5.32 Å². The van der Waals surface area contributed by atoms with Crippen LogP contribution in [0.3, 0.4) is 0 Å². The maximum atomic E-state index is 12.4. The van der Waals surface area contributed by atoms with Crippen molar-refractivity contribution in [3.8, 4) is 0 Å². The Morgan fingerprint density at radius 3 is 2.71 bits per heavy atom. The zero-order valence-electron chi connectivity index (χ0n) is 12.7. The molecular formula is C14H24N4O2S. The zero-order chi connectivity index (χ0) is 15.2. The number of aliphatic hydroxyl groups excluding tert-OH is 1. The molecule has 0 bridgehead atoms. The molecule has 1 amide bonds. The molecule has 0 aromatic carbocycles. The van der Waals surface area contributed by atoms with E-state index >= 15 is 0 Å². The summed E-state index contributed by atoms with van der Waals surface area (Å²) in [5.41, 5.74) is 0. The number of rotatable bonds is 6. The second-order valence-electron chi connectivity index (χ2n) is 5.13. The summed E-state index contributed by atoms with van der Waals surface area (Å²) >= 11 is 1.41. The Morgan fingerprint density at radius 2 is 2.14 bits per heavy atom. The van der Waals surface area contributed by atoms with E-state index in [1.54, 1.807) is 6.20 Å². The molecule has 1 fully saturated rings. The molecule has 7 heteroatoms. The minimum absolute atomic E-state index is 0.0633. The third-order valence-electron chi connectivity index (χ3n) is 3.84. The first-order valence-corrected chi connectivity index (χ1v) is 8.35. The summed E-state index contributed by atoms with van der Waals surface area (Å²) in [7, 11) is 0. The Labute approximate surface area is 129 Å². The smallest absolute Gasteiger partial charge is 0.265 e. The SMILES string of the molecule is CCNc1ncc(C(=O)N2CCN([C@@H](CC)CO)CC2)s1. The highest BCUT2D eigenvalue weighted by Crippen LogP contribution is 2.20. The van der Waals surface area contributed by atoms with Crippen molar-refractivity contribution in [2.45, 2.75) is 26.3 Å². The normalized spacial score (nSPS) is 17.8. The zero-order valence-corrected chi connectivity index (χ0v) is 13.5. The fourth-order valence-corrected chi connectivity index (χ4v) is 3.41. The van der Waals surface area contributed by atoms with Crippen molar-refractivity contribution in [1.29, 1.82) is 0 Å². The van der Waals surface area contributed by atoms with Gasteiger partial charge in [0, 0.05) is 38.8 Å². The van der Waals surface area contributed by atoms with Gasteiger partial charge in [-0.2, -0.15) is 0 Å². The standard InChI is InChI=1S/C14H24N4O2S/c1-3-11(10-19)17-5-7-18(8-6-17)13(20)12-9-16-14(21-12)15-4-2/h9,11,19H,3-8,10H2,1-2H3,(H,15,16)/t11-/m0/s1. The molecule has 21 heavy (non-hydrogen) atoms. The Hall–Kier alpha value is -1.18. The summed E-state index contributed by atoms with van der Waals surface area (Å²) < 4.78 is 0. The van der Waals surface area contributed by atoms with Crippen molar-refractivity contribution in [3.05, 3.63) is 11.1 Å². The number of nitrogens with zero attached hydrogens (tertiary/aromatic N) is 3. The van der Waals surface area contributed by atoms with Gasteiger partial charge in [0.25, 0.3) is 5.91 Å². The van der Waals surface area contributed by atoms with E-state index in [1.165, 1.54) is 11.3 Å². The van der Waals surface area contributed by atoms with Gasteiger partial charge in [0.15, 0.2) is 5.13 Å². The van der Waals surface area contributed by atoms with Crippen LogP contribution in [0.25, 0.3) is 0 Å². The Balaban J connectivity index is 1.90. The van der Waals surface area contributed by atoms with Crippen LogP contribution in [0.1, 0.15) is 29.9 Å². The predicted molar refractivity (Wildman–Crippen MR) is 84.9 cm³/mol. The molecule has 0 saturated carbocycles. The number of amides is 1. The topological polar surface area (TPSA) is 68.7 Å². The fraction of sp³-hybridized carbons (Fsp3) is 0.714. The molecule has 1 atom stereocenters. The predicted octanol–water partition coefficient (Wildman–Crippen LogP) is 1.10. The first kappa shape index (κ1) is 16.2. The van der Waals surface area contributed by atoms with Gasteiger partial charge in [-0.1, -0.05) is 18.3 Å². The molecule has 6 nitrogen and oxygen atoms in total. The molecule has 2 rings (SSSR count). The minimum Gasteiger partial charge on any atom is -0.395 e. The third-order valence-corrected chi connectivity index (χ3v) is 4.79. The van der Waals surface area contributed by atoms with Crippen LogP contribution in [0, 0.1) is 0 Å². The lowest BCUT2D eigenvalue weighted by Gasteiger charge is -2.38. The van der Waals surface area contributed by atoms with E-state index in [4.69, 9.17) is 0 Å². The van der Waals surface area contributed by atoms with Crippen LogP contribution in [0.2, 0.25) is 0 Å². The number of aliphatic hydroxyl groups is 1. The summed E-state index contributed by atoms with van der Waals surface area (Å²) in [4.78, 5) is 21.5. The fourth-order valence-electron chi connectivity index (χ4n) is 2.55. The molecule has 2 N–H and O–H groups in total. The molecule has 2 heterocycles. The van der Waals surface area contributed by atoms with Gasteiger partial charge in [0.2, 0.25) is 0 Å². The molecule has 1 aliphatic rings. The Bertz CT molecular complexity index is 454. The maximum absolute atomic E-state index is 12.4. The molecule has 0 radical (unpaired) electrons. The van der Waals surface area contributed by atoms with Crippen LogP contribution >= 0.6 is 11.3 Å². The highest BCUT2D eigenvalue weighted by atomic mass is 32.1. The van der Waals surface area contributed by atoms with Crippen molar-refractivity contribution >= 4 is 22.4 Å². The van der Waals surface area contributed by atoms with Crippen molar-refractivity contribution in [2.24, 2.45) is 0 Å². The summed E-state index contributed by atoms with van der Waals surface area (Å²) in [6, 6.07) is 0.214. The lowest BCUT2D eigenvalue weighted by Crippen LogP contribution is -2.52. The van der Waals surface area contributed by atoms with Gasteiger partial charge in [-0.3, -0.25) is 9.69 Å². The minimum atomic E-state index is 0.0633. The van der Waals surface area contributed by atoms with Gasteiger partial charge in [0.1, 0.15) is 4.88 Å². The summed E-state index contributed by atoms with van der Waals surface area (Å²) in [6.45, 7) is 8.15. The lowest BCUT2D eigenvalue weighted by atomic mass is 10.1. The molecule has 1 aliphatic heterocycles. The number of aromatic nitrogens is 1. The lowest BCUT2D eigenvalue weighted by molar-refractivity contribution is 0.0476. The molecule has 0 spiro atoms. The van der Waals surface area contributed by atoms with E-state index in [0.717, 1.165) is 31.2 Å². The number of thiazole rings is 1. The summed E-state index contributed by atoms with van der Waals surface area (Å²) in [5, 5.41) is 13.3. The molecular weight excluding hydrogens is 288 g/mol. The first-order chi connectivity index (χ1) is 10.2. The first-order valence-electron chi connectivity index (χ1n) is 7.53. The maximum Gasteiger partial charge on any atom is 0.265 e. The molecule has 1 aromatic rings. The highest BCUT2D eigenvalue weighted by molar-refractivity contribution is 7.17. The number of hydrogen-bond acceptors (Lipinski definition) is 6. The van der Waals surface area contributed by atoms with E-state index in [2.05, 4.69) is 22.1 Å². The largest absolute Gasteiger partial charge is 0.395 e. The number of hydrogen-bond donors (Lipinski definition) is 2. The number of nitrogens with one attached hydrogen (secondary N) is 1. The van der Waals surface area contributed by atoms with E-state index in [9.17, 15) is 9.90 Å². The Morgan fingerprint density at radius 1 is 1.43 bits per heavy atom. The second-order valence-corrected chi connectivity index (χ2v) is 6.16. The van der Waals surface area contributed by atoms with Gasteiger partial charge in [0.05, 0.1) is 12.8 Å². The highest BCUT2D eigenvalue weighted by Gasteiger charge is 2.26. The van der Waals surface area contributed by atoms with Crippen molar-refractivity contribution in [2.75, 3.05) is 44.6 Å². The van der Waals surface area contributed by atoms with E-state index in [1.807, 2.05) is 11.8 Å². The second kappa shape index (κ2) is 7.72. The van der Waals surface area contributed by atoms with Crippen LogP contribution in [-0.2, 0) is 0 Å². The summed E-state index contributed by atoms with van der Waals surface area (Å²) in [5.74, 6) is 0.0633. The van der Waals surface area contributed by atoms with Crippen molar-refractivity contribution in [3.63, 3.8) is 0 Å². The van der Waals surface area contributed by atoms with Gasteiger partial charge in [-0.25, -0.2) is 4.98 Å². The molecule has 118 valence electrons. The van der Waals surface area contributed by atoms with Crippen molar-refractivity contribution < 1.29 is 9.90 Å². The quantitative estimate of drug-likeness (QED) is 0.823. The molecule has 0 unspecified atom stereocenters. The van der Waals surface area contributed by atoms with Gasteiger partial charge < -0.3 is 15.3 Å². The van der Waals surface area contributed by atoms with Crippen LogP contribution in [0.15, 0.2) is 6.20 Å². The van der Waals surface area contributed by atoms with Gasteiger partial charge in [-0.05, 0) is 13.3 Å². The van der Waals surface area contributed by atoms with Crippen molar-refractivity contribution in [1.82, 2.24) is 14.8 Å². The number of carbonyl (C=O) groups excluding carboxylic acids is 1. The van der Waals surface area contributed by atoms with Crippen LogP contribution in [0.5, 0.6) is 0 Å². The molecule has 1 aromatic heterocycles. The van der Waals surface area contributed by atoms with Gasteiger partial charge in [-0.15, -0.1) is 0 Å². The third kappa shape index (κ3) is 3.93. The number of piperazine rings is 1. The van der Waals surface area contributed by atoms with Gasteiger partial charge >= 0.3 is 0 Å². The monoisotopic (exact) mass is 312 g/mol. The van der Waals surface area contributed by atoms with E-state index < -0.39 is 0 Å².